The fourth-order valence-corrected chi connectivity index (χ4v) is 5.95. The van der Waals surface area contributed by atoms with Gasteiger partial charge in [0.1, 0.15) is 5.82 Å². The van der Waals surface area contributed by atoms with Crippen molar-refractivity contribution in [1.82, 2.24) is 9.80 Å². The highest BCUT2D eigenvalue weighted by Crippen LogP contribution is 2.45. The minimum Gasteiger partial charge on any atom is -0.369 e. The van der Waals surface area contributed by atoms with Crippen molar-refractivity contribution in [2.24, 2.45) is 5.73 Å². The summed E-state index contributed by atoms with van der Waals surface area (Å²) in [5, 5.41) is 0. The molecule has 3 aliphatic heterocycles. The van der Waals surface area contributed by atoms with E-state index in [2.05, 4.69) is 0 Å². The zero-order valence-electron chi connectivity index (χ0n) is 19.3. The van der Waals surface area contributed by atoms with Gasteiger partial charge in [0.2, 0.25) is 11.8 Å². The fourth-order valence-electron chi connectivity index (χ4n) is 5.95. The standard InChI is InChI=1S/C26H24F3N3O4/c27-19-11-14(12-20(30)33)23(28)22(24(19)29)13-9-15-5-6-16(10-13)32(15)21(34)7-8-31-25(35)17-3-1-2-4-18(17)26(31)36/h1-4,11,13,15-16H,5-10,12H2,(H2,30,33)/t13?,15-,16?/m1/s1. The van der Waals surface area contributed by atoms with E-state index in [0.717, 1.165) is 4.90 Å². The van der Waals surface area contributed by atoms with Crippen LogP contribution in [0.5, 0.6) is 0 Å². The van der Waals surface area contributed by atoms with Crippen molar-refractivity contribution >= 4 is 23.6 Å². The summed E-state index contributed by atoms with van der Waals surface area (Å²) < 4.78 is 44.0. The molecule has 0 spiro atoms. The molecule has 2 saturated heterocycles. The van der Waals surface area contributed by atoms with Crippen LogP contribution in [0.2, 0.25) is 0 Å². The second kappa shape index (κ2) is 9.07. The van der Waals surface area contributed by atoms with Gasteiger partial charge in [-0.2, -0.15) is 0 Å². The molecule has 7 nitrogen and oxygen atoms in total. The summed E-state index contributed by atoms with van der Waals surface area (Å²) in [4.78, 5) is 52.3. The zero-order valence-corrected chi connectivity index (χ0v) is 19.3. The molecule has 2 aromatic rings. The van der Waals surface area contributed by atoms with Gasteiger partial charge in [0.25, 0.3) is 11.8 Å². The van der Waals surface area contributed by atoms with E-state index in [1.165, 1.54) is 0 Å². The minimum atomic E-state index is -1.28. The van der Waals surface area contributed by atoms with Crippen molar-refractivity contribution in [2.45, 2.75) is 56.5 Å². The molecule has 10 heteroatoms. The van der Waals surface area contributed by atoms with Gasteiger partial charge in [-0.1, -0.05) is 12.1 Å². The summed E-state index contributed by atoms with van der Waals surface area (Å²) in [6, 6.07) is 6.54. The monoisotopic (exact) mass is 499 g/mol. The first-order valence-corrected chi connectivity index (χ1v) is 11.9. The van der Waals surface area contributed by atoms with E-state index in [4.69, 9.17) is 5.73 Å². The number of amides is 4. The Morgan fingerprint density at radius 2 is 1.53 bits per heavy atom. The van der Waals surface area contributed by atoms with E-state index in [0.29, 0.717) is 30.0 Å². The maximum atomic E-state index is 15.1. The summed E-state index contributed by atoms with van der Waals surface area (Å²) in [5.74, 6) is -6.13. The lowest BCUT2D eigenvalue weighted by atomic mass is 9.83. The first-order chi connectivity index (χ1) is 17.2. The number of benzene rings is 2. The molecule has 2 fully saturated rings. The van der Waals surface area contributed by atoms with Crippen molar-refractivity contribution in [3.8, 4) is 0 Å². The molecule has 2 aromatic carbocycles. The van der Waals surface area contributed by atoms with Crippen LogP contribution in [0.4, 0.5) is 13.2 Å². The molecule has 0 aromatic heterocycles. The molecular formula is C26H24F3N3O4. The summed E-state index contributed by atoms with van der Waals surface area (Å²) >= 11 is 0. The van der Waals surface area contributed by atoms with E-state index in [1.54, 1.807) is 29.2 Å². The number of rotatable bonds is 6. The first kappa shape index (κ1) is 24.0. The molecule has 2 unspecified atom stereocenters. The van der Waals surface area contributed by atoms with Gasteiger partial charge in [0.15, 0.2) is 11.6 Å². The maximum absolute atomic E-state index is 15.1. The molecule has 36 heavy (non-hydrogen) atoms. The average Bonchev–Trinajstić information content (AvgIpc) is 3.25. The highest BCUT2D eigenvalue weighted by Gasteiger charge is 2.45. The van der Waals surface area contributed by atoms with E-state index < -0.39 is 53.1 Å². The number of fused-ring (bicyclic) bond motifs is 3. The third-order valence-electron chi connectivity index (χ3n) is 7.49. The molecule has 0 aliphatic carbocycles. The largest absolute Gasteiger partial charge is 0.369 e. The molecule has 2 bridgehead atoms. The molecular weight excluding hydrogens is 475 g/mol. The Labute approximate surface area is 205 Å². The maximum Gasteiger partial charge on any atom is 0.261 e. The van der Waals surface area contributed by atoms with Gasteiger partial charge in [-0.15, -0.1) is 0 Å². The SMILES string of the molecule is NC(=O)Cc1cc(F)c(F)c(C2CC3CC[C@H](C2)N3C(=O)CCN2C(=O)c3ccccc3C2=O)c1F. The second-order valence-electron chi connectivity index (χ2n) is 9.61. The van der Waals surface area contributed by atoms with Gasteiger partial charge in [-0.25, -0.2) is 13.2 Å². The molecule has 3 aliphatic rings. The van der Waals surface area contributed by atoms with E-state index in [9.17, 15) is 28.0 Å². The molecule has 3 atom stereocenters. The summed E-state index contributed by atoms with van der Waals surface area (Å²) in [6.45, 7) is -0.0613. The summed E-state index contributed by atoms with van der Waals surface area (Å²) in [5.41, 5.74) is 5.05. The Morgan fingerprint density at radius 1 is 0.944 bits per heavy atom. The topological polar surface area (TPSA) is 101 Å². The number of piperidine rings is 1. The van der Waals surface area contributed by atoms with Crippen molar-refractivity contribution in [3.63, 3.8) is 0 Å². The quantitative estimate of drug-likeness (QED) is 0.488. The summed E-state index contributed by atoms with van der Waals surface area (Å²) in [6.07, 6.45) is 1.14. The van der Waals surface area contributed by atoms with Gasteiger partial charge in [0.05, 0.1) is 17.5 Å². The van der Waals surface area contributed by atoms with E-state index >= 15 is 4.39 Å². The molecule has 2 N–H and O–H groups in total. The third kappa shape index (κ3) is 3.94. The van der Waals surface area contributed by atoms with Crippen LogP contribution in [0.3, 0.4) is 0 Å². The number of nitrogens with two attached hydrogens (primary N) is 1. The predicted octanol–water partition coefficient (Wildman–Crippen LogP) is 3.06. The average molecular weight is 499 g/mol. The fraction of sp³-hybridized carbons (Fsp3) is 0.385. The smallest absolute Gasteiger partial charge is 0.261 e. The van der Waals surface area contributed by atoms with Crippen molar-refractivity contribution in [2.75, 3.05) is 6.54 Å². The van der Waals surface area contributed by atoms with Gasteiger partial charge >= 0.3 is 0 Å². The molecule has 5 rings (SSSR count). The number of hydrogen-bond acceptors (Lipinski definition) is 4. The lowest BCUT2D eigenvalue weighted by Crippen LogP contribution is -2.47. The van der Waals surface area contributed by atoms with Crippen LogP contribution in [0, 0.1) is 17.5 Å². The van der Waals surface area contributed by atoms with Gasteiger partial charge < -0.3 is 10.6 Å². The van der Waals surface area contributed by atoms with Crippen molar-refractivity contribution < 1.29 is 32.3 Å². The lowest BCUT2D eigenvalue weighted by Gasteiger charge is -2.39. The van der Waals surface area contributed by atoms with Crippen LogP contribution in [0.1, 0.15) is 69.9 Å². The van der Waals surface area contributed by atoms with E-state index in [1.807, 2.05) is 0 Å². The predicted molar refractivity (Wildman–Crippen MR) is 121 cm³/mol. The number of primary amides is 1. The first-order valence-electron chi connectivity index (χ1n) is 11.9. The molecule has 3 heterocycles. The number of halogens is 3. The second-order valence-corrected chi connectivity index (χ2v) is 9.61. The Morgan fingerprint density at radius 3 is 2.08 bits per heavy atom. The Kier molecular flexibility index (Phi) is 6.05. The molecule has 0 radical (unpaired) electrons. The number of carbonyl (C=O) groups is 4. The zero-order chi connectivity index (χ0) is 25.7. The number of nitrogens with zero attached hydrogens (tertiary/aromatic N) is 2. The Bertz CT molecular complexity index is 1250. The Hall–Kier alpha value is -3.69. The lowest BCUT2D eigenvalue weighted by molar-refractivity contribution is -0.136. The van der Waals surface area contributed by atoms with Crippen LogP contribution in [-0.4, -0.2) is 52.1 Å². The molecule has 188 valence electrons. The van der Waals surface area contributed by atoms with Crippen molar-refractivity contribution in [1.29, 1.82) is 0 Å². The normalized spacial score (nSPS) is 22.8. The van der Waals surface area contributed by atoms with Gasteiger partial charge in [-0.05, 0) is 49.8 Å². The number of hydrogen-bond donors (Lipinski definition) is 1. The van der Waals surface area contributed by atoms with Crippen LogP contribution in [-0.2, 0) is 16.0 Å². The van der Waals surface area contributed by atoms with Gasteiger partial charge in [-0.3, -0.25) is 24.1 Å². The Balaban J connectivity index is 1.29. The molecule has 4 amide bonds. The van der Waals surface area contributed by atoms with Gasteiger partial charge in [0, 0.05) is 36.2 Å². The summed E-state index contributed by atoms with van der Waals surface area (Å²) in [7, 11) is 0. The van der Waals surface area contributed by atoms with Crippen LogP contribution in [0.15, 0.2) is 30.3 Å². The number of imide groups is 1. The van der Waals surface area contributed by atoms with Crippen LogP contribution >= 0.6 is 0 Å². The highest BCUT2D eigenvalue weighted by atomic mass is 19.2. The highest BCUT2D eigenvalue weighted by molar-refractivity contribution is 6.21. The van der Waals surface area contributed by atoms with Crippen LogP contribution < -0.4 is 5.73 Å². The minimum absolute atomic E-state index is 0.0609. The molecule has 0 saturated carbocycles. The van der Waals surface area contributed by atoms with E-state index in [-0.39, 0.29) is 49.4 Å². The van der Waals surface area contributed by atoms with Crippen molar-refractivity contribution in [3.05, 3.63) is 70.0 Å². The van der Waals surface area contributed by atoms with Crippen LogP contribution in [0.25, 0.3) is 0 Å². The third-order valence-corrected chi connectivity index (χ3v) is 7.49. The number of carbonyl (C=O) groups excluding carboxylic acids is 4.